The second kappa shape index (κ2) is 4.81. The Labute approximate surface area is 112 Å². The van der Waals surface area contributed by atoms with E-state index in [1.165, 1.54) is 11.8 Å². The minimum absolute atomic E-state index is 0.187. The molecule has 0 saturated heterocycles. The molecule has 0 aliphatic rings. The van der Waals surface area contributed by atoms with Gasteiger partial charge in [-0.3, -0.25) is 4.40 Å². The smallest absolute Gasteiger partial charge is 0.355 e. The monoisotopic (exact) mass is 274 g/mol. The lowest BCUT2D eigenvalue weighted by molar-refractivity contribution is 0.0685. The number of furan rings is 1. The maximum Gasteiger partial charge on any atom is 0.355 e. The lowest BCUT2D eigenvalue weighted by atomic mass is 10.4. The fourth-order valence-corrected chi connectivity index (χ4v) is 2.73. The van der Waals surface area contributed by atoms with Gasteiger partial charge in [-0.2, -0.15) is 0 Å². The number of imidazole rings is 1. The maximum atomic E-state index is 11.4. The summed E-state index contributed by atoms with van der Waals surface area (Å²) in [6, 6.07) is 9.04. The zero-order valence-corrected chi connectivity index (χ0v) is 10.6. The highest BCUT2D eigenvalue weighted by molar-refractivity contribution is 7.98. The molecule has 0 radical (unpaired) electrons. The van der Waals surface area contributed by atoms with Gasteiger partial charge in [-0.25, -0.2) is 9.78 Å². The molecule has 96 valence electrons. The van der Waals surface area contributed by atoms with Gasteiger partial charge in [-0.1, -0.05) is 17.8 Å². The van der Waals surface area contributed by atoms with E-state index in [9.17, 15) is 9.90 Å². The lowest BCUT2D eigenvalue weighted by Gasteiger charge is -1.98. The van der Waals surface area contributed by atoms with Crippen LogP contribution < -0.4 is 0 Å². The summed E-state index contributed by atoms with van der Waals surface area (Å²) in [6.07, 6.45) is 3.29. The molecule has 0 fully saturated rings. The van der Waals surface area contributed by atoms with Crippen molar-refractivity contribution in [3.63, 3.8) is 0 Å². The van der Waals surface area contributed by atoms with Gasteiger partial charge in [-0.15, -0.1) is 0 Å². The molecule has 5 nitrogen and oxygen atoms in total. The van der Waals surface area contributed by atoms with Crippen molar-refractivity contribution in [1.29, 1.82) is 0 Å². The van der Waals surface area contributed by atoms with E-state index in [1.807, 2.05) is 12.1 Å². The van der Waals surface area contributed by atoms with Gasteiger partial charge < -0.3 is 9.52 Å². The first-order valence-corrected chi connectivity index (χ1v) is 6.60. The van der Waals surface area contributed by atoms with Crippen molar-refractivity contribution in [2.45, 2.75) is 10.8 Å². The van der Waals surface area contributed by atoms with Crippen LogP contribution in [-0.4, -0.2) is 20.5 Å². The third-order valence-electron chi connectivity index (χ3n) is 2.63. The second-order valence-electron chi connectivity index (χ2n) is 3.87. The fourth-order valence-electron chi connectivity index (χ4n) is 1.80. The van der Waals surface area contributed by atoms with Crippen molar-refractivity contribution in [3.05, 3.63) is 54.2 Å². The Morgan fingerprint density at radius 1 is 1.37 bits per heavy atom. The molecule has 0 aliphatic carbocycles. The van der Waals surface area contributed by atoms with E-state index in [0.717, 1.165) is 5.76 Å². The fraction of sp³-hybridized carbons (Fsp3) is 0.0769. The molecular weight excluding hydrogens is 264 g/mol. The molecule has 0 saturated carbocycles. The van der Waals surface area contributed by atoms with Crippen molar-refractivity contribution in [2.24, 2.45) is 0 Å². The minimum atomic E-state index is -0.986. The van der Waals surface area contributed by atoms with Crippen molar-refractivity contribution in [3.8, 4) is 0 Å². The van der Waals surface area contributed by atoms with Gasteiger partial charge in [0.25, 0.3) is 0 Å². The van der Waals surface area contributed by atoms with Gasteiger partial charge in [0.2, 0.25) is 0 Å². The third kappa shape index (κ3) is 2.22. The summed E-state index contributed by atoms with van der Waals surface area (Å²) in [5.41, 5.74) is 0.814. The van der Waals surface area contributed by atoms with Crippen LogP contribution in [0.4, 0.5) is 0 Å². The zero-order valence-electron chi connectivity index (χ0n) is 9.81. The molecule has 0 amide bonds. The van der Waals surface area contributed by atoms with E-state index in [0.29, 0.717) is 16.4 Å². The molecule has 0 unspecified atom stereocenters. The molecule has 3 heterocycles. The first-order chi connectivity index (χ1) is 9.25. The number of carbonyl (C=O) groups is 1. The Hall–Kier alpha value is -2.21. The number of hydrogen-bond acceptors (Lipinski definition) is 4. The van der Waals surface area contributed by atoms with E-state index in [4.69, 9.17) is 4.42 Å². The van der Waals surface area contributed by atoms with Crippen LogP contribution in [0.5, 0.6) is 0 Å². The second-order valence-corrected chi connectivity index (χ2v) is 4.83. The number of aromatic nitrogens is 2. The number of aromatic carboxylic acids is 1. The van der Waals surface area contributed by atoms with E-state index in [1.54, 1.807) is 35.1 Å². The Morgan fingerprint density at radius 3 is 3.00 bits per heavy atom. The number of pyridine rings is 1. The number of thioether (sulfide) groups is 1. The van der Waals surface area contributed by atoms with E-state index in [-0.39, 0.29) is 5.69 Å². The Kier molecular flexibility index (Phi) is 3.00. The molecule has 0 spiro atoms. The summed E-state index contributed by atoms with van der Waals surface area (Å²) < 4.78 is 6.80. The molecule has 6 heteroatoms. The topological polar surface area (TPSA) is 67.7 Å². The van der Waals surface area contributed by atoms with Crippen LogP contribution in [0.25, 0.3) is 5.65 Å². The van der Waals surface area contributed by atoms with Crippen LogP contribution in [-0.2, 0) is 5.75 Å². The number of nitrogens with zero attached hydrogens (tertiary/aromatic N) is 2. The van der Waals surface area contributed by atoms with Crippen LogP contribution >= 0.6 is 11.8 Å². The van der Waals surface area contributed by atoms with Crippen molar-refractivity contribution < 1.29 is 14.3 Å². The first kappa shape index (κ1) is 11.9. The van der Waals surface area contributed by atoms with Crippen molar-refractivity contribution >= 4 is 23.4 Å². The van der Waals surface area contributed by atoms with E-state index < -0.39 is 5.97 Å². The molecule has 0 atom stereocenters. The highest BCUT2D eigenvalue weighted by Gasteiger charge is 2.18. The standard InChI is InChI=1S/C13H10N2O3S/c16-13(17)11-12(19-8-9-4-3-7-18-9)14-10-5-1-2-6-15(10)11/h1-7H,8H2,(H,16,17). The van der Waals surface area contributed by atoms with Crippen LogP contribution in [0.3, 0.4) is 0 Å². The van der Waals surface area contributed by atoms with Crippen LogP contribution in [0.1, 0.15) is 16.2 Å². The van der Waals surface area contributed by atoms with Gasteiger partial charge in [0.05, 0.1) is 12.0 Å². The number of fused-ring (bicyclic) bond motifs is 1. The van der Waals surface area contributed by atoms with Crippen molar-refractivity contribution in [1.82, 2.24) is 9.38 Å². The number of carboxylic acid groups (broad SMARTS) is 1. The SMILES string of the molecule is O=C(O)c1c(SCc2ccco2)nc2ccccn12. The third-order valence-corrected chi connectivity index (χ3v) is 3.62. The highest BCUT2D eigenvalue weighted by Crippen LogP contribution is 2.26. The normalized spacial score (nSPS) is 10.9. The summed E-state index contributed by atoms with van der Waals surface area (Å²) in [4.78, 5) is 15.7. The predicted octanol–water partition coefficient (Wildman–Crippen LogP) is 2.92. The first-order valence-electron chi connectivity index (χ1n) is 5.61. The van der Waals surface area contributed by atoms with Crippen LogP contribution in [0.2, 0.25) is 0 Å². The molecule has 1 N–H and O–H groups in total. The molecular formula is C13H10N2O3S. The van der Waals surface area contributed by atoms with Crippen molar-refractivity contribution in [2.75, 3.05) is 0 Å². The van der Waals surface area contributed by atoms with Gasteiger partial charge >= 0.3 is 5.97 Å². The molecule has 3 aromatic heterocycles. The Morgan fingerprint density at radius 2 is 2.26 bits per heavy atom. The maximum absolute atomic E-state index is 11.4. The average Bonchev–Trinajstić information content (AvgIpc) is 3.03. The summed E-state index contributed by atoms with van der Waals surface area (Å²) in [7, 11) is 0. The zero-order chi connectivity index (χ0) is 13.2. The van der Waals surface area contributed by atoms with Crippen LogP contribution in [0, 0.1) is 0 Å². The Balaban J connectivity index is 1.98. The van der Waals surface area contributed by atoms with Crippen LogP contribution in [0.15, 0.2) is 52.2 Å². The quantitative estimate of drug-likeness (QED) is 0.741. The summed E-state index contributed by atoms with van der Waals surface area (Å²) in [5, 5.41) is 9.81. The summed E-state index contributed by atoms with van der Waals surface area (Å²) >= 11 is 1.35. The van der Waals surface area contributed by atoms with Gasteiger partial charge in [0.1, 0.15) is 16.4 Å². The number of hydrogen-bond donors (Lipinski definition) is 1. The van der Waals surface area contributed by atoms with E-state index in [2.05, 4.69) is 4.98 Å². The molecule has 3 aromatic rings. The molecule has 0 aliphatic heterocycles. The molecule has 0 aromatic carbocycles. The number of rotatable bonds is 4. The van der Waals surface area contributed by atoms with Gasteiger partial charge in [0.15, 0.2) is 5.69 Å². The molecule has 0 bridgehead atoms. The minimum Gasteiger partial charge on any atom is -0.476 e. The van der Waals surface area contributed by atoms with E-state index >= 15 is 0 Å². The van der Waals surface area contributed by atoms with Gasteiger partial charge in [-0.05, 0) is 24.3 Å². The molecule has 19 heavy (non-hydrogen) atoms. The average molecular weight is 274 g/mol. The lowest BCUT2D eigenvalue weighted by Crippen LogP contribution is -2.02. The summed E-state index contributed by atoms with van der Waals surface area (Å²) in [6.45, 7) is 0. The predicted molar refractivity (Wildman–Crippen MR) is 70.4 cm³/mol. The molecule has 3 rings (SSSR count). The number of carboxylic acids is 1. The Bertz CT molecular complexity index is 719. The highest BCUT2D eigenvalue weighted by atomic mass is 32.2. The largest absolute Gasteiger partial charge is 0.476 e. The summed E-state index contributed by atoms with van der Waals surface area (Å²) in [5.74, 6) is 0.357. The van der Waals surface area contributed by atoms with Gasteiger partial charge in [0, 0.05) is 6.20 Å².